The molecule has 4 nitrogen and oxygen atoms in total. The van der Waals surface area contributed by atoms with E-state index in [1.807, 2.05) is 0 Å². The Kier molecular flexibility index (Phi) is 1.94. The van der Waals surface area contributed by atoms with Gasteiger partial charge in [-0.15, -0.1) is 0 Å². The maximum absolute atomic E-state index is 9.71. The van der Waals surface area contributed by atoms with Crippen LogP contribution in [0.1, 0.15) is 13.8 Å². The summed E-state index contributed by atoms with van der Waals surface area (Å²) in [5.41, 5.74) is 4.01. The van der Waals surface area contributed by atoms with E-state index in [4.69, 9.17) is 11.1 Å². The van der Waals surface area contributed by atoms with Gasteiger partial charge in [-0.1, -0.05) is 0 Å². The lowest BCUT2D eigenvalue weighted by Gasteiger charge is -2.10. The van der Waals surface area contributed by atoms with Crippen molar-refractivity contribution in [2.45, 2.75) is 19.4 Å². The van der Waals surface area contributed by atoms with Gasteiger partial charge in [-0.05, 0) is 19.1 Å². The minimum Gasteiger partial charge on any atom is -0.289 e. The van der Waals surface area contributed by atoms with Crippen molar-refractivity contribution in [2.24, 2.45) is 5.73 Å². The smallest absolute Gasteiger partial charge is 0.274 e. The van der Waals surface area contributed by atoms with Crippen molar-refractivity contribution in [3.05, 3.63) is 0 Å². The summed E-state index contributed by atoms with van der Waals surface area (Å²) < 4.78 is 0. The van der Waals surface area contributed by atoms with Gasteiger partial charge in [0.2, 0.25) is 0 Å². The van der Waals surface area contributed by atoms with Gasteiger partial charge in [0.1, 0.15) is 0 Å². The van der Waals surface area contributed by atoms with Crippen LogP contribution in [-0.4, -0.2) is 11.4 Å². The summed E-state index contributed by atoms with van der Waals surface area (Å²) in [4.78, 5) is 3.66. The van der Waals surface area contributed by atoms with Gasteiger partial charge in [0.15, 0.2) is 5.60 Å². The van der Waals surface area contributed by atoms with E-state index >= 15 is 0 Å². The molecule has 0 bridgehead atoms. The van der Waals surface area contributed by atoms with E-state index in [0.717, 1.165) is 0 Å². The summed E-state index contributed by atoms with van der Waals surface area (Å²) in [6.07, 6.45) is 0. The summed E-state index contributed by atoms with van der Waals surface area (Å²) >= 11 is 0. The molecule has 0 aliphatic carbocycles. The van der Waals surface area contributed by atoms with Gasteiger partial charge < -0.3 is 0 Å². The molecule has 0 atom stereocenters. The van der Waals surface area contributed by atoms with Gasteiger partial charge in [-0.3, -0.25) is 11.1 Å². The molecule has 4 heteroatoms. The Balaban J connectivity index is 3.91. The number of rotatable bonds is 2. The molecule has 0 rings (SSSR count). The van der Waals surface area contributed by atoms with E-state index in [9.17, 15) is 5.26 Å². The molecule has 0 aromatic heterocycles. The van der Waals surface area contributed by atoms with Crippen LogP contribution in [0.5, 0.6) is 0 Å². The summed E-state index contributed by atoms with van der Waals surface area (Å²) in [5, 5.41) is 14.8. The third-order valence-corrected chi connectivity index (χ3v) is 0.904. The monoisotopic (exact) mass is 118 g/mol. The molecule has 0 saturated heterocycles. The highest BCUT2D eigenvalue weighted by Gasteiger charge is 2.28. The summed E-state index contributed by atoms with van der Waals surface area (Å²) in [5.74, 6) is -0.00694. The summed E-state index contributed by atoms with van der Waals surface area (Å²) in [6, 6.07) is 0. The maximum Gasteiger partial charge on any atom is 0.274 e. The predicted molar refractivity (Wildman–Crippen MR) is 27.0 cm³/mol. The zero-order valence-electron chi connectivity index (χ0n) is 4.97. The number of amidine groups is 1. The van der Waals surface area contributed by atoms with Crippen LogP contribution in [0.4, 0.5) is 0 Å². The molecular weight excluding hydrogens is 108 g/mol. The van der Waals surface area contributed by atoms with Crippen LogP contribution < -0.4 is 11.1 Å². The first-order valence-corrected chi connectivity index (χ1v) is 2.20. The molecular formula is C4H10N2O2+. The molecule has 8 heavy (non-hydrogen) atoms. The Bertz CT molecular complexity index is 100. The average Bonchev–Trinajstić information content (AvgIpc) is 1.67. The second-order valence-electron chi connectivity index (χ2n) is 2.05. The number of hydrogen-bond acceptors (Lipinski definition) is 1. The number of nitrogens with two attached hydrogens (primary N) is 2. The van der Waals surface area contributed by atoms with Gasteiger partial charge in [0.05, 0.1) is 0 Å². The lowest BCUT2D eigenvalue weighted by atomic mass is 10.1. The van der Waals surface area contributed by atoms with Crippen molar-refractivity contribution in [3.8, 4) is 0 Å². The Morgan fingerprint density at radius 2 is 2.12 bits per heavy atom. The molecule has 4 N–H and O–H groups in total. The molecule has 1 radical (unpaired) electrons. The minimum atomic E-state index is -1.04. The highest BCUT2D eigenvalue weighted by Crippen LogP contribution is 2.02. The van der Waals surface area contributed by atoms with Gasteiger partial charge in [0, 0.05) is 0 Å². The lowest BCUT2D eigenvalue weighted by Crippen LogP contribution is -2.58. The SMILES string of the molecule is CC(C)(O[O])C(N)=[NH2+]. The molecule has 0 unspecified atom stereocenters. The third kappa shape index (κ3) is 1.48. The van der Waals surface area contributed by atoms with Crippen LogP contribution in [0.25, 0.3) is 0 Å². The standard InChI is InChI=1S/C4H9N2O2/c1-4(2,8-7)3(5)6/h1-2H3,(H3,5,6)/p+1. The van der Waals surface area contributed by atoms with Crippen molar-refractivity contribution in [2.75, 3.05) is 0 Å². The molecule has 0 amide bonds. The fourth-order valence-corrected chi connectivity index (χ4v) is 0.0481. The molecule has 0 aromatic carbocycles. The lowest BCUT2D eigenvalue weighted by molar-refractivity contribution is -0.352. The fourth-order valence-electron chi connectivity index (χ4n) is 0.0481. The van der Waals surface area contributed by atoms with Crippen LogP contribution in [-0.2, 0) is 10.1 Å². The van der Waals surface area contributed by atoms with E-state index in [2.05, 4.69) is 4.89 Å². The Morgan fingerprint density at radius 3 is 2.12 bits per heavy atom. The zero-order chi connectivity index (χ0) is 6.78. The van der Waals surface area contributed by atoms with Crippen LogP contribution in [0.3, 0.4) is 0 Å². The van der Waals surface area contributed by atoms with Crippen LogP contribution >= 0.6 is 0 Å². The van der Waals surface area contributed by atoms with E-state index in [-0.39, 0.29) is 5.84 Å². The van der Waals surface area contributed by atoms with Gasteiger partial charge in [0.25, 0.3) is 5.84 Å². The second kappa shape index (κ2) is 2.11. The van der Waals surface area contributed by atoms with E-state index in [0.29, 0.717) is 0 Å². The minimum absolute atomic E-state index is 0.00694. The first-order chi connectivity index (χ1) is 3.50. The van der Waals surface area contributed by atoms with Gasteiger partial charge in [-0.2, -0.15) is 4.89 Å². The van der Waals surface area contributed by atoms with Crippen molar-refractivity contribution in [1.29, 1.82) is 0 Å². The van der Waals surface area contributed by atoms with Gasteiger partial charge >= 0.3 is 0 Å². The van der Waals surface area contributed by atoms with Gasteiger partial charge in [-0.25, -0.2) is 0 Å². The Morgan fingerprint density at radius 1 is 1.75 bits per heavy atom. The highest BCUT2D eigenvalue weighted by atomic mass is 17.1. The highest BCUT2D eigenvalue weighted by molar-refractivity contribution is 5.82. The van der Waals surface area contributed by atoms with E-state index in [1.54, 1.807) is 0 Å². The molecule has 0 aliphatic rings. The van der Waals surface area contributed by atoms with Crippen LogP contribution in [0.2, 0.25) is 0 Å². The third-order valence-electron chi connectivity index (χ3n) is 0.904. The second-order valence-corrected chi connectivity index (χ2v) is 2.05. The molecule has 0 heterocycles. The first-order valence-electron chi connectivity index (χ1n) is 2.20. The van der Waals surface area contributed by atoms with Crippen molar-refractivity contribution >= 4 is 5.84 Å². The topological polar surface area (TPSA) is 80.7 Å². The zero-order valence-corrected chi connectivity index (χ0v) is 4.97. The first kappa shape index (κ1) is 7.39. The molecule has 0 aromatic rings. The normalized spacial score (nSPS) is 11.4. The molecule has 0 saturated carbocycles. The van der Waals surface area contributed by atoms with Crippen molar-refractivity contribution in [3.63, 3.8) is 0 Å². The quantitative estimate of drug-likeness (QED) is 0.195. The van der Waals surface area contributed by atoms with Crippen LogP contribution in [0.15, 0.2) is 0 Å². The summed E-state index contributed by atoms with van der Waals surface area (Å²) in [7, 11) is 0. The maximum atomic E-state index is 9.71. The summed E-state index contributed by atoms with van der Waals surface area (Å²) in [6.45, 7) is 2.99. The van der Waals surface area contributed by atoms with Crippen LogP contribution in [0, 0.1) is 0 Å². The van der Waals surface area contributed by atoms with Crippen molar-refractivity contribution < 1.29 is 15.6 Å². The molecule has 47 valence electrons. The number of hydrogen-bond donors (Lipinski definition) is 2. The largest absolute Gasteiger partial charge is 0.289 e. The molecule has 0 aliphatic heterocycles. The molecule has 0 spiro atoms. The Hall–Kier alpha value is -0.610. The van der Waals surface area contributed by atoms with Crippen molar-refractivity contribution in [1.82, 2.24) is 0 Å². The predicted octanol–water partition coefficient (Wildman–Crippen LogP) is -1.76. The van der Waals surface area contributed by atoms with E-state index < -0.39 is 5.60 Å². The van der Waals surface area contributed by atoms with E-state index in [1.165, 1.54) is 13.8 Å². The fraction of sp³-hybridized carbons (Fsp3) is 0.750. The molecule has 0 fully saturated rings. The Labute approximate surface area is 47.7 Å². The average molecular weight is 118 g/mol.